The Labute approximate surface area is 115 Å². The third kappa shape index (κ3) is 4.01. The molecule has 2 atom stereocenters. The molecule has 1 aromatic rings. The molecular formula is C15H24N2O2. The number of nitrogens with zero attached hydrogens (tertiary/aromatic N) is 1. The highest BCUT2D eigenvalue weighted by atomic mass is 16.3. The van der Waals surface area contributed by atoms with Crippen LogP contribution in [0.2, 0.25) is 0 Å². The highest BCUT2D eigenvalue weighted by Crippen LogP contribution is 2.20. The number of likely N-dealkylation sites (tertiary alicyclic amines) is 1. The van der Waals surface area contributed by atoms with Crippen LogP contribution in [0, 0.1) is 0 Å². The van der Waals surface area contributed by atoms with Gasteiger partial charge in [-0.15, -0.1) is 0 Å². The van der Waals surface area contributed by atoms with Gasteiger partial charge in [-0.25, -0.2) is 0 Å². The van der Waals surface area contributed by atoms with Crippen LogP contribution in [0.15, 0.2) is 24.3 Å². The van der Waals surface area contributed by atoms with Crippen molar-refractivity contribution < 1.29 is 10.2 Å². The zero-order valence-corrected chi connectivity index (χ0v) is 11.5. The Morgan fingerprint density at radius 3 is 2.68 bits per heavy atom. The summed E-state index contributed by atoms with van der Waals surface area (Å²) < 4.78 is 0. The molecule has 106 valence electrons. The molecule has 2 rings (SSSR count). The summed E-state index contributed by atoms with van der Waals surface area (Å²) in [6, 6.07) is 7.91. The normalized spacial score (nSPS) is 19.5. The van der Waals surface area contributed by atoms with Crippen molar-refractivity contribution in [1.82, 2.24) is 10.2 Å². The van der Waals surface area contributed by atoms with Gasteiger partial charge in [-0.05, 0) is 44.1 Å². The van der Waals surface area contributed by atoms with E-state index in [1.807, 2.05) is 18.2 Å². The molecule has 1 fully saturated rings. The van der Waals surface area contributed by atoms with Gasteiger partial charge in [-0.3, -0.25) is 4.90 Å². The lowest BCUT2D eigenvalue weighted by Crippen LogP contribution is -2.29. The minimum Gasteiger partial charge on any atom is -0.389 e. The summed E-state index contributed by atoms with van der Waals surface area (Å²) in [6.07, 6.45) is 0.963. The number of aliphatic hydroxyl groups excluding tert-OH is 2. The third-order valence-corrected chi connectivity index (χ3v) is 3.68. The molecule has 4 heteroatoms. The highest BCUT2D eigenvalue weighted by molar-refractivity contribution is 5.26. The first-order valence-electron chi connectivity index (χ1n) is 7.02. The summed E-state index contributed by atoms with van der Waals surface area (Å²) in [5, 5.41) is 22.8. The minimum atomic E-state index is -0.828. The van der Waals surface area contributed by atoms with E-state index in [1.165, 1.54) is 18.4 Å². The standard InChI is InChI=1S/C15H24N2O2/c1-16-10-14(18)15(19)13-6-4-5-12(9-13)11-17-7-2-3-8-17/h4-6,9,14-16,18-19H,2-3,7-8,10-11H2,1H3. The Kier molecular flexibility index (Phi) is 5.34. The first-order chi connectivity index (χ1) is 9.20. The van der Waals surface area contributed by atoms with Crippen LogP contribution < -0.4 is 5.32 Å². The number of hydrogen-bond donors (Lipinski definition) is 3. The molecule has 0 bridgehead atoms. The molecule has 4 nitrogen and oxygen atoms in total. The summed E-state index contributed by atoms with van der Waals surface area (Å²) in [5.74, 6) is 0. The summed E-state index contributed by atoms with van der Waals surface area (Å²) in [7, 11) is 1.76. The van der Waals surface area contributed by atoms with Gasteiger partial charge in [0.25, 0.3) is 0 Å². The van der Waals surface area contributed by atoms with Gasteiger partial charge in [0.15, 0.2) is 0 Å². The molecule has 1 saturated heterocycles. The maximum absolute atomic E-state index is 10.1. The number of nitrogens with one attached hydrogen (secondary N) is 1. The number of benzene rings is 1. The highest BCUT2D eigenvalue weighted by Gasteiger charge is 2.18. The average Bonchev–Trinajstić information content (AvgIpc) is 2.91. The Balaban J connectivity index is 2.01. The zero-order valence-electron chi connectivity index (χ0n) is 11.5. The SMILES string of the molecule is CNCC(O)C(O)c1cccc(CN2CCCC2)c1. The fraction of sp³-hybridized carbons (Fsp3) is 0.600. The van der Waals surface area contributed by atoms with E-state index >= 15 is 0 Å². The predicted molar refractivity (Wildman–Crippen MR) is 75.8 cm³/mol. The molecule has 19 heavy (non-hydrogen) atoms. The zero-order chi connectivity index (χ0) is 13.7. The molecule has 2 unspecified atom stereocenters. The van der Waals surface area contributed by atoms with Gasteiger partial charge < -0.3 is 15.5 Å². The quantitative estimate of drug-likeness (QED) is 0.714. The number of hydrogen-bond acceptors (Lipinski definition) is 4. The maximum Gasteiger partial charge on any atom is 0.106 e. The predicted octanol–water partition coefficient (Wildman–Crippen LogP) is 0.896. The van der Waals surface area contributed by atoms with E-state index in [0.717, 1.165) is 25.2 Å². The second-order valence-corrected chi connectivity index (χ2v) is 5.30. The molecule has 0 aliphatic carbocycles. The van der Waals surface area contributed by atoms with Gasteiger partial charge in [0, 0.05) is 13.1 Å². The van der Waals surface area contributed by atoms with Crippen molar-refractivity contribution >= 4 is 0 Å². The van der Waals surface area contributed by atoms with Crippen molar-refractivity contribution in [2.45, 2.75) is 31.6 Å². The number of aliphatic hydroxyl groups is 2. The van der Waals surface area contributed by atoms with Crippen molar-refractivity contribution in [3.63, 3.8) is 0 Å². The van der Waals surface area contributed by atoms with Crippen molar-refractivity contribution in [3.8, 4) is 0 Å². The molecule has 0 saturated carbocycles. The molecule has 1 heterocycles. The largest absolute Gasteiger partial charge is 0.389 e. The Hall–Kier alpha value is -0.940. The molecule has 1 aliphatic heterocycles. The molecule has 0 spiro atoms. The van der Waals surface area contributed by atoms with Crippen LogP contribution >= 0.6 is 0 Å². The Bertz CT molecular complexity index is 391. The van der Waals surface area contributed by atoms with Crippen LogP contribution in [0.25, 0.3) is 0 Å². The lowest BCUT2D eigenvalue weighted by atomic mass is 10.0. The second-order valence-electron chi connectivity index (χ2n) is 5.30. The van der Waals surface area contributed by atoms with Crippen LogP contribution in [-0.2, 0) is 6.54 Å². The smallest absolute Gasteiger partial charge is 0.106 e. The first kappa shape index (κ1) is 14.5. The molecule has 0 amide bonds. The van der Waals surface area contributed by atoms with Gasteiger partial charge in [0.1, 0.15) is 6.10 Å². The van der Waals surface area contributed by atoms with E-state index in [-0.39, 0.29) is 0 Å². The van der Waals surface area contributed by atoms with E-state index in [1.54, 1.807) is 7.05 Å². The van der Waals surface area contributed by atoms with Crippen molar-refractivity contribution in [2.75, 3.05) is 26.7 Å². The lowest BCUT2D eigenvalue weighted by molar-refractivity contribution is 0.0202. The van der Waals surface area contributed by atoms with Crippen molar-refractivity contribution in [3.05, 3.63) is 35.4 Å². The second kappa shape index (κ2) is 7.01. The van der Waals surface area contributed by atoms with Crippen molar-refractivity contribution in [2.24, 2.45) is 0 Å². The van der Waals surface area contributed by atoms with E-state index in [9.17, 15) is 10.2 Å². The Morgan fingerprint density at radius 1 is 1.26 bits per heavy atom. The molecule has 1 aliphatic rings. The van der Waals surface area contributed by atoms with E-state index in [0.29, 0.717) is 6.54 Å². The van der Waals surface area contributed by atoms with Gasteiger partial charge in [0.05, 0.1) is 6.10 Å². The van der Waals surface area contributed by atoms with Crippen LogP contribution in [0.4, 0.5) is 0 Å². The van der Waals surface area contributed by atoms with E-state index in [4.69, 9.17) is 0 Å². The van der Waals surface area contributed by atoms with E-state index < -0.39 is 12.2 Å². The van der Waals surface area contributed by atoms with Crippen molar-refractivity contribution in [1.29, 1.82) is 0 Å². The minimum absolute atomic E-state index is 0.386. The molecular weight excluding hydrogens is 240 g/mol. The number of likely N-dealkylation sites (N-methyl/N-ethyl adjacent to an activating group) is 1. The fourth-order valence-corrected chi connectivity index (χ4v) is 2.62. The van der Waals surface area contributed by atoms with Gasteiger partial charge >= 0.3 is 0 Å². The van der Waals surface area contributed by atoms with Crippen LogP contribution in [0.3, 0.4) is 0 Å². The van der Waals surface area contributed by atoms with Gasteiger partial charge in [0.2, 0.25) is 0 Å². The first-order valence-corrected chi connectivity index (χ1v) is 7.02. The lowest BCUT2D eigenvalue weighted by Gasteiger charge is -2.20. The fourth-order valence-electron chi connectivity index (χ4n) is 2.62. The summed E-state index contributed by atoms with van der Waals surface area (Å²) in [6.45, 7) is 3.64. The maximum atomic E-state index is 10.1. The van der Waals surface area contributed by atoms with Crippen LogP contribution in [0.1, 0.15) is 30.1 Å². The van der Waals surface area contributed by atoms with Crippen LogP contribution in [-0.4, -0.2) is 47.9 Å². The number of rotatable bonds is 6. The molecule has 3 N–H and O–H groups in total. The summed E-state index contributed by atoms with van der Waals surface area (Å²) in [4.78, 5) is 2.43. The average molecular weight is 264 g/mol. The van der Waals surface area contributed by atoms with E-state index in [2.05, 4.69) is 16.3 Å². The van der Waals surface area contributed by atoms with Crippen LogP contribution in [0.5, 0.6) is 0 Å². The molecule has 1 aromatic carbocycles. The summed E-state index contributed by atoms with van der Waals surface area (Å²) in [5.41, 5.74) is 1.99. The molecule has 0 radical (unpaired) electrons. The monoisotopic (exact) mass is 264 g/mol. The van der Waals surface area contributed by atoms with Gasteiger partial charge in [-0.2, -0.15) is 0 Å². The third-order valence-electron chi connectivity index (χ3n) is 3.68. The molecule has 0 aromatic heterocycles. The topological polar surface area (TPSA) is 55.7 Å². The van der Waals surface area contributed by atoms with Gasteiger partial charge in [-0.1, -0.05) is 24.3 Å². The Morgan fingerprint density at radius 2 is 2.00 bits per heavy atom. The summed E-state index contributed by atoms with van der Waals surface area (Å²) >= 11 is 0.